The highest BCUT2D eigenvalue weighted by Gasteiger charge is 2.30. The number of hydrogen-bond donors (Lipinski definition) is 1. The molecule has 29 heavy (non-hydrogen) atoms. The molecule has 166 valence electrons. The van der Waals surface area contributed by atoms with E-state index in [4.69, 9.17) is 0 Å². The van der Waals surface area contributed by atoms with Gasteiger partial charge in [0.05, 0.1) is 6.04 Å². The predicted molar refractivity (Wildman–Crippen MR) is 122 cm³/mol. The van der Waals surface area contributed by atoms with Crippen LogP contribution in [0.3, 0.4) is 0 Å². The normalized spacial score (nSPS) is 19.3. The Balaban J connectivity index is 0.00000210. The van der Waals surface area contributed by atoms with Gasteiger partial charge in [0, 0.05) is 31.9 Å². The maximum atomic E-state index is 13.1. The Morgan fingerprint density at radius 2 is 1.66 bits per heavy atom. The van der Waals surface area contributed by atoms with Gasteiger partial charge >= 0.3 is 0 Å². The van der Waals surface area contributed by atoms with E-state index in [9.17, 15) is 9.18 Å². The Kier molecular flexibility index (Phi) is 11.3. The van der Waals surface area contributed by atoms with Crippen molar-refractivity contribution in [2.45, 2.75) is 32.2 Å². The number of piperidine rings is 1. The fourth-order valence-electron chi connectivity index (χ4n) is 4.23. The lowest BCUT2D eigenvalue weighted by molar-refractivity contribution is -0.137. The van der Waals surface area contributed by atoms with Gasteiger partial charge in [0.15, 0.2) is 0 Å². The molecular weight excluding hydrogens is 414 g/mol. The Bertz CT molecular complexity index is 603. The van der Waals surface area contributed by atoms with Crippen molar-refractivity contribution in [3.63, 3.8) is 0 Å². The van der Waals surface area contributed by atoms with Crippen molar-refractivity contribution in [2.24, 2.45) is 5.92 Å². The van der Waals surface area contributed by atoms with Crippen LogP contribution in [0.4, 0.5) is 10.1 Å². The van der Waals surface area contributed by atoms with Crippen molar-refractivity contribution in [2.75, 3.05) is 57.8 Å². The van der Waals surface area contributed by atoms with Crippen molar-refractivity contribution in [1.29, 1.82) is 0 Å². The molecule has 1 atom stereocenters. The lowest BCUT2D eigenvalue weighted by Crippen LogP contribution is -2.55. The molecule has 2 heterocycles. The molecule has 0 aliphatic carbocycles. The van der Waals surface area contributed by atoms with Crippen LogP contribution in [0.2, 0.25) is 0 Å². The van der Waals surface area contributed by atoms with Gasteiger partial charge in [-0.15, -0.1) is 24.8 Å². The molecule has 2 saturated heterocycles. The highest BCUT2D eigenvalue weighted by atomic mass is 35.5. The first-order valence-corrected chi connectivity index (χ1v) is 10.3. The summed E-state index contributed by atoms with van der Waals surface area (Å²) in [5, 5.41) is 3.23. The van der Waals surface area contributed by atoms with E-state index in [1.165, 1.54) is 31.4 Å². The number of amides is 1. The molecule has 1 amide bonds. The fourth-order valence-corrected chi connectivity index (χ4v) is 4.23. The molecule has 0 saturated carbocycles. The summed E-state index contributed by atoms with van der Waals surface area (Å²) in [5.41, 5.74) is 1.03. The van der Waals surface area contributed by atoms with Crippen LogP contribution in [0.15, 0.2) is 24.3 Å². The van der Waals surface area contributed by atoms with Gasteiger partial charge in [0.1, 0.15) is 5.82 Å². The smallest absolute Gasteiger partial charge is 0.239 e. The SMILES string of the molecule is CNCCC1CCN(C(C)C(=O)N2CCN(c3ccc(F)cc3)CC2)CC1.Cl.Cl. The largest absolute Gasteiger partial charge is 0.368 e. The molecule has 2 aliphatic heterocycles. The van der Waals surface area contributed by atoms with E-state index in [2.05, 4.69) is 22.0 Å². The molecule has 2 aliphatic rings. The van der Waals surface area contributed by atoms with E-state index >= 15 is 0 Å². The second-order valence-corrected chi connectivity index (χ2v) is 7.84. The predicted octanol–water partition coefficient (Wildman–Crippen LogP) is 3.03. The van der Waals surface area contributed by atoms with Gasteiger partial charge in [-0.1, -0.05) is 0 Å². The van der Waals surface area contributed by atoms with Gasteiger partial charge in [0.25, 0.3) is 0 Å². The van der Waals surface area contributed by atoms with Crippen LogP contribution < -0.4 is 10.2 Å². The van der Waals surface area contributed by atoms with E-state index in [0.717, 1.165) is 57.4 Å². The number of nitrogens with zero attached hydrogens (tertiary/aromatic N) is 3. The minimum Gasteiger partial charge on any atom is -0.368 e. The number of anilines is 1. The quantitative estimate of drug-likeness (QED) is 0.725. The van der Waals surface area contributed by atoms with E-state index in [0.29, 0.717) is 0 Å². The van der Waals surface area contributed by atoms with E-state index in [1.807, 2.05) is 24.1 Å². The van der Waals surface area contributed by atoms with Crippen LogP contribution in [0.25, 0.3) is 0 Å². The van der Waals surface area contributed by atoms with Crippen molar-refractivity contribution in [3.05, 3.63) is 30.1 Å². The minimum atomic E-state index is -0.212. The molecular formula is C21H35Cl2FN4O. The second kappa shape index (κ2) is 12.6. The van der Waals surface area contributed by atoms with Crippen LogP contribution >= 0.6 is 24.8 Å². The Morgan fingerprint density at radius 3 is 2.21 bits per heavy atom. The number of rotatable bonds is 6. The number of piperazine rings is 1. The summed E-state index contributed by atoms with van der Waals surface area (Å²) in [5.74, 6) is 0.828. The number of carbonyl (C=O) groups is 1. The Hall–Kier alpha value is -1.08. The topological polar surface area (TPSA) is 38.8 Å². The van der Waals surface area contributed by atoms with Crippen LogP contribution in [0.1, 0.15) is 26.2 Å². The number of carbonyl (C=O) groups excluding carboxylic acids is 1. The molecule has 8 heteroatoms. The average Bonchev–Trinajstić information content (AvgIpc) is 2.72. The van der Waals surface area contributed by atoms with Gasteiger partial charge < -0.3 is 15.1 Å². The third kappa shape index (κ3) is 6.99. The zero-order valence-electron chi connectivity index (χ0n) is 17.5. The molecule has 0 spiro atoms. The Morgan fingerprint density at radius 1 is 1.07 bits per heavy atom. The zero-order chi connectivity index (χ0) is 19.2. The second-order valence-electron chi connectivity index (χ2n) is 7.84. The van der Waals surface area contributed by atoms with Crippen LogP contribution in [-0.2, 0) is 4.79 Å². The van der Waals surface area contributed by atoms with Gasteiger partial charge in [-0.05, 0) is 83.1 Å². The average molecular weight is 449 g/mol. The van der Waals surface area contributed by atoms with Crippen molar-refractivity contribution in [3.8, 4) is 0 Å². The molecule has 1 aromatic carbocycles. The van der Waals surface area contributed by atoms with E-state index in [1.54, 1.807) is 0 Å². The van der Waals surface area contributed by atoms with Crippen molar-refractivity contribution >= 4 is 36.4 Å². The monoisotopic (exact) mass is 448 g/mol. The summed E-state index contributed by atoms with van der Waals surface area (Å²) >= 11 is 0. The lowest BCUT2D eigenvalue weighted by Gasteiger charge is -2.40. The molecule has 1 unspecified atom stereocenters. The van der Waals surface area contributed by atoms with Gasteiger partial charge in [-0.2, -0.15) is 0 Å². The van der Waals surface area contributed by atoms with Gasteiger partial charge in [-0.25, -0.2) is 4.39 Å². The highest BCUT2D eigenvalue weighted by molar-refractivity contribution is 5.85. The maximum Gasteiger partial charge on any atom is 0.239 e. The molecule has 2 fully saturated rings. The summed E-state index contributed by atoms with van der Waals surface area (Å²) in [6.45, 7) is 8.26. The molecule has 5 nitrogen and oxygen atoms in total. The van der Waals surface area contributed by atoms with E-state index < -0.39 is 0 Å². The van der Waals surface area contributed by atoms with Crippen LogP contribution in [-0.4, -0.2) is 74.6 Å². The number of halogens is 3. The third-order valence-corrected chi connectivity index (χ3v) is 6.14. The summed E-state index contributed by atoms with van der Waals surface area (Å²) in [6, 6.07) is 6.58. The summed E-state index contributed by atoms with van der Waals surface area (Å²) in [7, 11) is 2.01. The standard InChI is InChI=1S/C21H33FN4O.2ClH/c1-17(24-11-8-18(9-12-24)7-10-23-2)21(27)26-15-13-25(14-16-26)20-5-3-19(22)4-6-20;;/h3-6,17-18,23H,7-16H2,1-2H3;2*1H. The zero-order valence-corrected chi connectivity index (χ0v) is 19.1. The molecule has 0 radical (unpaired) electrons. The summed E-state index contributed by atoms with van der Waals surface area (Å²) in [4.78, 5) is 19.5. The van der Waals surface area contributed by atoms with Crippen LogP contribution in [0, 0.1) is 11.7 Å². The first-order valence-electron chi connectivity index (χ1n) is 10.3. The molecule has 0 aromatic heterocycles. The fraction of sp³-hybridized carbons (Fsp3) is 0.667. The highest BCUT2D eigenvalue weighted by Crippen LogP contribution is 2.23. The number of hydrogen-bond acceptors (Lipinski definition) is 4. The maximum absolute atomic E-state index is 13.1. The molecule has 1 aromatic rings. The summed E-state index contributed by atoms with van der Waals surface area (Å²) in [6.07, 6.45) is 3.62. The lowest BCUT2D eigenvalue weighted by atomic mass is 9.92. The van der Waals surface area contributed by atoms with Gasteiger partial charge in [0.2, 0.25) is 5.91 Å². The number of nitrogens with one attached hydrogen (secondary N) is 1. The first-order chi connectivity index (χ1) is 13.1. The first kappa shape index (κ1) is 26.0. The van der Waals surface area contributed by atoms with Crippen molar-refractivity contribution in [1.82, 2.24) is 15.1 Å². The summed E-state index contributed by atoms with van der Waals surface area (Å²) < 4.78 is 13.1. The number of benzene rings is 1. The Labute approximate surface area is 186 Å². The molecule has 0 bridgehead atoms. The third-order valence-electron chi connectivity index (χ3n) is 6.14. The molecule has 3 rings (SSSR count). The molecule has 1 N–H and O–H groups in total. The van der Waals surface area contributed by atoms with Gasteiger partial charge in [-0.3, -0.25) is 9.69 Å². The number of likely N-dealkylation sites (tertiary alicyclic amines) is 1. The van der Waals surface area contributed by atoms with Crippen molar-refractivity contribution < 1.29 is 9.18 Å². The minimum absolute atomic E-state index is 0. The van der Waals surface area contributed by atoms with Crippen LogP contribution in [0.5, 0.6) is 0 Å². The van der Waals surface area contributed by atoms with E-state index in [-0.39, 0.29) is 42.6 Å².